The first kappa shape index (κ1) is 13.6. The van der Waals surface area contributed by atoms with E-state index in [9.17, 15) is 0 Å². The van der Waals surface area contributed by atoms with E-state index in [-0.39, 0.29) is 0 Å². The van der Waals surface area contributed by atoms with Gasteiger partial charge in [0, 0.05) is 13.7 Å². The highest BCUT2D eigenvalue weighted by atomic mass is 32.1. The van der Waals surface area contributed by atoms with E-state index in [0.29, 0.717) is 18.3 Å². The van der Waals surface area contributed by atoms with E-state index in [2.05, 4.69) is 15.8 Å². The van der Waals surface area contributed by atoms with Crippen LogP contribution in [0.25, 0.3) is 0 Å². The number of nitrogens with zero attached hydrogens (tertiary/aromatic N) is 1. The molecule has 0 amide bonds. The lowest BCUT2D eigenvalue weighted by Crippen LogP contribution is -2.34. The zero-order chi connectivity index (χ0) is 12.5. The molecule has 17 heavy (non-hydrogen) atoms. The van der Waals surface area contributed by atoms with Gasteiger partial charge in [0.05, 0.1) is 12.8 Å². The monoisotopic (exact) mass is 251 g/mol. The summed E-state index contributed by atoms with van der Waals surface area (Å²) in [5, 5.41) is 7.52. The molecular formula is C12H17N3OS. The number of benzene rings is 1. The highest BCUT2D eigenvalue weighted by Crippen LogP contribution is 2.02. The fourth-order valence-electron chi connectivity index (χ4n) is 1.20. The summed E-state index contributed by atoms with van der Waals surface area (Å²) in [4.78, 5) is 0. The van der Waals surface area contributed by atoms with Crippen molar-refractivity contribution in [3.05, 3.63) is 35.4 Å². The van der Waals surface area contributed by atoms with Crippen LogP contribution in [0.2, 0.25) is 0 Å². The van der Waals surface area contributed by atoms with E-state index in [1.54, 1.807) is 13.3 Å². The van der Waals surface area contributed by atoms with Crippen molar-refractivity contribution in [2.75, 3.05) is 20.3 Å². The van der Waals surface area contributed by atoms with Crippen molar-refractivity contribution < 1.29 is 4.74 Å². The van der Waals surface area contributed by atoms with E-state index < -0.39 is 0 Å². The molecule has 1 aromatic rings. The van der Waals surface area contributed by atoms with Crippen LogP contribution in [0, 0.1) is 6.92 Å². The van der Waals surface area contributed by atoms with Crippen LogP contribution in [0.5, 0.6) is 0 Å². The maximum Gasteiger partial charge on any atom is 0.187 e. The lowest BCUT2D eigenvalue weighted by molar-refractivity contribution is 0.204. The van der Waals surface area contributed by atoms with Gasteiger partial charge in [-0.3, -0.25) is 5.43 Å². The Morgan fingerprint density at radius 1 is 1.47 bits per heavy atom. The second-order valence-corrected chi connectivity index (χ2v) is 3.88. The molecule has 4 nitrogen and oxygen atoms in total. The molecule has 0 aliphatic rings. The van der Waals surface area contributed by atoms with Gasteiger partial charge in [0.15, 0.2) is 5.11 Å². The van der Waals surface area contributed by atoms with Crippen molar-refractivity contribution in [3.63, 3.8) is 0 Å². The molecule has 1 rings (SSSR count). The van der Waals surface area contributed by atoms with E-state index in [4.69, 9.17) is 17.0 Å². The van der Waals surface area contributed by atoms with Crippen molar-refractivity contribution >= 4 is 23.5 Å². The summed E-state index contributed by atoms with van der Waals surface area (Å²) in [7, 11) is 1.65. The van der Waals surface area contributed by atoms with Crippen molar-refractivity contribution in [3.8, 4) is 0 Å². The zero-order valence-corrected chi connectivity index (χ0v) is 10.9. The van der Waals surface area contributed by atoms with Gasteiger partial charge in [-0.15, -0.1) is 0 Å². The fourth-order valence-corrected chi connectivity index (χ4v) is 1.35. The Morgan fingerprint density at radius 2 is 2.24 bits per heavy atom. The highest BCUT2D eigenvalue weighted by Gasteiger charge is 1.93. The Labute approximate surface area is 107 Å². The van der Waals surface area contributed by atoms with Crippen LogP contribution in [0.15, 0.2) is 29.4 Å². The first-order valence-electron chi connectivity index (χ1n) is 5.35. The maximum atomic E-state index is 5.02. The third-order valence-corrected chi connectivity index (χ3v) is 2.39. The number of hydrazone groups is 1. The minimum atomic E-state index is 0.492. The smallest absolute Gasteiger partial charge is 0.187 e. The average Bonchev–Trinajstić information content (AvgIpc) is 2.32. The SMILES string of the molecule is COCCNC(=S)N/N=C\c1ccccc1C. The summed E-state index contributed by atoms with van der Waals surface area (Å²) in [5.41, 5.74) is 5.00. The topological polar surface area (TPSA) is 45.6 Å². The molecule has 0 saturated heterocycles. The van der Waals surface area contributed by atoms with Gasteiger partial charge in [-0.25, -0.2) is 0 Å². The summed E-state index contributed by atoms with van der Waals surface area (Å²) >= 11 is 5.02. The van der Waals surface area contributed by atoms with Gasteiger partial charge in [0.25, 0.3) is 0 Å². The Hall–Kier alpha value is -1.46. The van der Waals surface area contributed by atoms with Gasteiger partial charge in [-0.1, -0.05) is 24.3 Å². The van der Waals surface area contributed by atoms with E-state index >= 15 is 0 Å². The fraction of sp³-hybridized carbons (Fsp3) is 0.333. The molecule has 0 aliphatic heterocycles. The normalized spacial score (nSPS) is 10.5. The maximum absolute atomic E-state index is 5.02. The Bertz CT molecular complexity index is 393. The second-order valence-electron chi connectivity index (χ2n) is 3.48. The number of methoxy groups -OCH3 is 1. The lowest BCUT2D eigenvalue weighted by Gasteiger charge is -2.05. The minimum Gasteiger partial charge on any atom is -0.383 e. The second kappa shape index (κ2) is 7.76. The number of ether oxygens (including phenoxy) is 1. The first-order chi connectivity index (χ1) is 8.24. The third kappa shape index (κ3) is 5.42. The van der Waals surface area contributed by atoms with Gasteiger partial charge in [0.1, 0.15) is 0 Å². The number of hydrogen-bond donors (Lipinski definition) is 2. The van der Waals surface area contributed by atoms with Crippen LogP contribution in [0.1, 0.15) is 11.1 Å². The summed E-state index contributed by atoms with van der Waals surface area (Å²) in [6.45, 7) is 3.32. The van der Waals surface area contributed by atoms with Crippen molar-refractivity contribution in [2.24, 2.45) is 5.10 Å². The summed E-state index contributed by atoms with van der Waals surface area (Å²) < 4.78 is 4.89. The van der Waals surface area contributed by atoms with E-state index in [1.165, 1.54) is 5.56 Å². The number of rotatable bonds is 5. The van der Waals surface area contributed by atoms with Crippen LogP contribution >= 0.6 is 12.2 Å². The first-order valence-corrected chi connectivity index (χ1v) is 5.76. The Balaban J connectivity index is 2.35. The van der Waals surface area contributed by atoms with E-state index in [0.717, 1.165) is 5.56 Å². The van der Waals surface area contributed by atoms with Gasteiger partial charge in [0.2, 0.25) is 0 Å². The van der Waals surface area contributed by atoms with Gasteiger partial charge in [-0.05, 0) is 30.3 Å². The van der Waals surface area contributed by atoms with Crippen molar-refractivity contribution in [1.29, 1.82) is 0 Å². The number of nitrogens with one attached hydrogen (secondary N) is 2. The molecule has 0 aliphatic carbocycles. The average molecular weight is 251 g/mol. The molecular weight excluding hydrogens is 234 g/mol. The van der Waals surface area contributed by atoms with Crippen LogP contribution < -0.4 is 10.7 Å². The van der Waals surface area contributed by atoms with Crippen molar-refractivity contribution in [2.45, 2.75) is 6.92 Å². The number of hydrogen-bond acceptors (Lipinski definition) is 3. The summed E-state index contributed by atoms with van der Waals surface area (Å²) in [6.07, 6.45) is 1.75. The molecule has 0 bridgehead atoms. The van der Waals surface area contributed by atoms with Gasteiger partial charge < -0.3 is 10.1 Å². The molecule has 92 valence electrons. The Kier molecular flexibility index (Phi) is 6.21. The van der Waals surface area contributed by atoms with Crippen LogP contribution in [-0.4, -0.2) is 31.6 Å². The van der Waals surface area contributed by atoms with Crippen molar-refractivity contribution in [1.82, 2.24) is 10.7 Å². The minimum absolute atomic E-state index is 0.492. The molecule has 0 heterocycles. The standard InChI is InChI=1S/C12H17N3OS/c1-10-5-3-4-6-11(10)9-14-15-12(17)13-7-8-16-2/h3-6,9H,7-8H2,1-2H3,(H2,13,15,17)/b14-9-. The molecule has 0 fully saturated rings. The van der Waals surface area contributed by atoms with E-state index in [1.807, 2.05) is 31.2 Å². The Morgan fingerprint density at radius 3 is 2.94 bits per heavy atom. The molecule has 0 spiro atoms. The lowest BCUT2D eigenvalue weighted by atomic mass is 10.1. The predicted molar refractivity (Wildman–Crippen MR) is 74.4 cm³/mol. The number of thiocarbonyl (C=S) groups is 1. The van der Waals surface area contributed by atoms with Crippen LogP contribution in [0.4, 0.5) is 0 Å². The third-order valence-electron chi connectivity index (χ3n) is 2.15. The summed E-state index contributed by atoms with van der Waals surface area (Å²) in [5.74, 6) is 0. The van der Waals surface area contributed by atoms with Gasteiger partial charge in [-0.2, -0.15) is 5.10 Å². The molecule has 0 aromatic heterocycles. The zero-order valence-electron chi connectivity index (χ0n) is 10.1. The molecule has 0 saturated carbocycles. The number of aryl methyl sites for hydroxylation is 1. The highest BCUT2D eigenvalue weighted by molar-refractivity contribution is 7.80. The molecule has 5 heteroatoms. The molecule has 0 atom stereocenters. The molecule has 0 radical (unpaired) electrons. The molecule has 2 N–H and O–H groups in total. The van der Waals surface area contributed by atoms with Crippen LogP contribution in [0.3, 0.4) is 0 Å². The summed E-state index contributed by atoms with van der Waals surface area (Å²) in [6, 6.07) is 8.01. The van der Waals surface area contributed by atoms with Crippen LogP contribution in [-0.2, 0) is 4.74 Å². The largest absolute Gasteiger partial charge is 0.383 e. The van der Waals surface area contributed by atoms with Gasteiger partial charge >= 0.3 is 0 Å². The predicted octanol–water partition coefficient (Wildman–Crippen LogP) is 1.44. The quantitative estimate of drug-likeness (QED) is 0.360. The molecule has 0 unspecified atom stereocenters. The molecule has 1 aromatic carbocycles.